The SMILES string of the molecule is COc1cc(C)c(C(F)F)nc1C#N. The van der Waals surface area contributed by atoms with Gasteiger partial charge in [-0.05, 0) is 18.6 Å². The van der Waals surface area contributed by atoms with E-state index in [2.05, 4.69) is 4.98 Å². The van der Waals surface area contributed by atoms with Crippen LogP contribution in [0.15, 0.2) is 6.07 Å². The number of hydrogen-bond donors (Lipinski definition) is 0. The van der Waals surface area contributed by atoms with E-state index in [0.717, 1.165) is 0 Å². The number of pyridine rings is 1. The fourth-order valence-corrected chi connectivity index (χ4v) is 1.06. The molecule has 0 fully saturated rings. The maximum absolute atomic E-state index is 12.4. The van der Waals surface area contributed by atoms with Gasteiger partial charge in [0.25, 0.3) is 6.43 Å². The zero-order chi connectivity index (χ0) is 10.7. The van der Waals surface area contributed by atoms with Gasteiger partial charge in [0.15, 0.2) is 11.4 Å². The fourth-order valence-electron chi connectivity index (χ4n) is 1.06. The third kappa shape index (κ3) is 1.79. The summed E-state index contributed by atoms with van der Waals surface area (Å²) in [5, 5.41) is 8.61. The van der Waals surface area contributed by atoms with Crippen LogP contribution in [0.25, 0.3) is 0 Å². The lowest BCUT2D eigenvalue weighted by atomic mass is 10.2. The minimum Gasteiger partial charge on any atom is -0.494 e. The van der Waals surface area contributed by atoms with Crippen molar-refractivity contribution in [2.24, 2.45) is 0 Å². The topological polar surface area (TPSA) is 45.9 Å². The van der Waals surface area contributed by atoms with Gasteiger partial charge in [0.1, 0.15) is 11.8 Å². The first-order chi connectivity index (χ1) is 6.60. The number of nitriles is 1. The standard InChI is InChI=1S/C9H8F2N2O/c1-5-3-7(14-2)6(4-12)13-8(5)9(10)11/h3,9H,1-2H3. The summed E-state index contributed by atoms with van der Waals surface area (Å²) in [4.78, 5) is 3.52. The number of nitrogens with zero attached hydrogens (tertiary/aromatic N) is 2. The van der Waals surface area contributed by atoms with Crippen LogP contribution in [-0.4, -0.2) is 12.1 Å². The Kier molecular flexibility index (Phi) is 2.97. The molecule has 0 unspecified atom stereocenters. The lowest BCUT2D eigenvalue weighted by Gasteiger charge is -2.07. The van der Waals surface area contributed by atoms with Gasteiger partial charge in [0.05, 0.1) is 7.11 Å². The summed E-state index contributed by atoms with van der Waals surface area (Å²) in [5.74, 6) is 0.217. The minimum atomic E-state index is -2.67. The normalized spacial score (nSPS) is 10.0. The highest BCUT2D eigenvalue weighted by Crippen LogP contribution is 2.25. The average Bonchev–Trinajstić information content (AvgIpc) is 2.16. The second-order valence-corrected chi connectivity index (χ2v) is 2.65. The quantitative estimate of drug-likeness (QED) is 0.731. The Morgan fingerprint density at radius 3 is 2.64 bits per heavy atom. The van der Waals surface area contributed by atoms with Crippen molar-refractivity contribution in [3.05, 3.63) is 23.0 Å². The van der Waals surface area contributed by atoms with Crippen molar-refractivity contribution in [3.8, 4) is 11.8 Å². The van der Waals surface area contributed by atoms with Gasteiger partial charge in [-0.1, -0.05) is 0 Å². The van der Waals surface area contributed by atoms with E-state index in [-0.39, 0.29) is 17.1 Å². The van der Waals surface area contributed by atoms with Gasteiger partial charge >= 0.3 is 0 Å². The Balaban J connectivity index is 3.32. The monoisotopic (exact) mass is 198 g/mol. The summed E-state index contributed by atoms with van der Waals surface area (Å²) < 4.78 is 29.6. The molecule has 0 saturated carbocycles. The lowest BCUT2D eigenvalue weighted by molar-refractivity contribution is 0.145. The van der Waals surface area contributed by atoms with E-state index >= 15 is 0 Å². The number of aryl methyl sites for hydroxylation is 1. The fraction of sp³-hybridized carbons (Fsp3) is 0.333. The molecule has 0 bridgehead atoms. The summed E-state index contributed by atoms with van der Waals surface area (Å²) in [5.41, 5.74) is -0.174. The van der Waals surface area contributed by atoms with Crippen molar-refractivity contribution < 1.29 is 13.5 Å². The van der Waals surface area contributed by atoms with Gasteiger partial charge < -0.3 is 4.74 Å². The summed E-state index contributed by atoms with van der Waals surface area (Å²) >= 11 is 0. The molecule has 0 aromatic carbocycles. The molecule has 0 atom stereocenters. The molecule has 1 aromatic rings. The zero-order valence-corrected chi connectivity index (χ0v) is 7.71. The molecule has 1 aromatic heterocycles. The zero-order valence-electron chi connectivity index (χ0n) is 7.71. The Hall–Kier alpha value is -1.70. The third-order valence-electron chi connectivity index (χ3n) is 1.75. The molecule has 0 aliphatic rings. The van der Waals surface area contributed by atoms with Crippen molar-refractivity contribution in [3.63, 3.8) is 0 Å². The molecular formula is C9H8F2N2O. The van der Waals surface area contributed by atoms with Crippen molar-refractivity contribution in [2.45, 2.75) is 13.3 Å². The highest BCUT2D eigenvalue weighted by Gasteiger charge is 2.16. The maximum atomic E-state index is 12.4. The number of methoxy groups -OCH3 is 1. The minimum absolute atomic E-state index is 0.117. The summed E-state index contributed by atoms with van der Waals surface area (Å²) in [6.45, 7) is 1.50. The van der Waals surface area contributed by atoms with Crippen molar-refractivity contribution in [1.82, 2.24) is 4.98 Å². The summed E-state index contributed by atoms with van der Waals surface area (Å²) in [7, 11) is 1.36. The summed E-state index contributed by atoms with van der Waals surface area (Å²) in [6.07, 6.45) is -2.67. The van der Waals surface area contributed by atoms with Crippen LogP contribution < -0.4 is 4.74 Å². The first-order valence-electron chi connectivity index (χ1n) is 3.84. The van der Waals surface area contributed by atoms with E-state index in [0.29, 0.717) is 5.56 Å². The highest BCUT2D eigenvalue weighted by molar-refractivity contribution is 5.41. The van der Waals surface area contributed by atoms with Gasteiger partial charge in [0.2, 0.25) is 0 Å². The van der Waals surface area contributed by atoms with Crippen molar-refractivity contribution in [2.75, 3.05) is 7.11 Å². The van der Waals surface area contributed by atoms with E-state index < -0.39 is 6.43 Å². The third-order valence-corrected chi connectivity index (χ3v) is 1.75. The summed E-state index contributed by atoms with van der Waals surface area (Å²) in [6, 6.07) is 3.08. The van der Waals surface area contributed by atoms with Crippen LogP contribution in [0.3, 0.4) is 0 Å². The molecule has 5 heteroatoms. The van der Waals surface area contributed by atoms with Crippen molar-refractivity contribution in [1.29, 1.82) is 5.26 Å². The smallest absolute Gasteiger partial charge is 0.280 e. The number of alkyl halides is 2. The van der Waals surface area contributed by atoms with Crippen LogP contribution in [0.2, 0.25) is 0 Å². The molecule has 0 spiro atoms. The number of rotatable bonds is 2. The highest BCUT2D eigenvalue weighted by atomic mass is 19.3. The number of hydrogen-bond acceptors (Lipinski definition) is 3. The Bertz CT molecular complexity index is 385. The molecule has 0 radical (unpaired) electrons. The van der Waals surface area contributed by atoms with Gasteiger partial charge in [-0.3, -0.25) is 0 Å². The van der Waals surface area contributed by atoms with Crippen LogP contribution in [0.1, 0.15) is 23.4 Å². The number of aromatic nitrogens is 1. The number of ether oxygens (including phenoxy) is 1. The van der Waals surface area contributed by atoms with E-state index in [1.807, 2.05) is 0 Å². The van der Waals surface area contributed by atoms with E-state index in [4.69, 9.17) is 10.00 Å². The Morgan fingerprint density at radius 2 is 2.21 bits per heavy atom. The second-order valence-electron chi connectivity index (χ2n) is 2.65. The van der Waals surface area contributed by atoms with Crippen LogP contribution >= 0.6 is 0 Å². The molecule has 0 N–H and O–H groups in total. The van der Waals surface area contributed by atoms with Crippen LogP contribution in [0, 0.1) is 18.3 Å². The van der Waals surface area contributed by atoms with Crippen LogP contribution in [0.5, 0.6) is 5.75 Å². The van der Waals surface area contributed by atoms with Gasteiger partial charge in [0, 0.05) is 0 Å². The van der Waals surface area contributed by atoms with Gasteiger partial charge in [-0.2, -0.15) is 5.26 Å². The molecule has 14 heavy (non-hydrogen) atoms. The van der Waals surface area contributed by atoms with E-state index in [9.17, 15) is 8.78 Å². The molecule has 74 valence electrons. The molecule has 0 saturated heterocycles. The molecule has 1 rings (SSSR count). The second kappa shape index (κ2) is 4.01. The predicted molar refractivity (Wildman–Crippen MR) is 45.2 cm³/mol. The molecule has 3 nitrogen and oxygen atoms in total. The van der Waals surface area contributed by atoms with E-state index in [1.165, 1.54) is 20.1 Å². The van der Waals surface area contributed by atoms with E-state index in [1.54, 1.807) is 6.07 Å². The van der Waals surface area contributed by atoms with Gasteiger partial charge in [-0.25, -0.2) is 13.8 Å². The number of halogens is 2. The van der Waals surface area contributed by atoms with Gasteiger partial charge in [-0.15, -0.1) is 0 Å². The first-order valence-corrected chi connectivity index (χ1v) is 3.84. The molecular weight excluding hydrogens is 190 g/mol. The molecule has 0 aliphatic carbocycles. The largest absolute Gasteiger partial charge is 0.494 e. The molecule has 1 heterocycles. The molecule has 0 amide bonds. The lowest BCUT2D eigenvalue weighted by Crippen LogP contribution is -2.00. The Labute approximate surface area is 79.9 Å². The maximum Gasteiger partial charge on any atom is 0.280 e. The first kappa shape index (κ1) is 10.4. The Morgan fingerprint density at radius 1 is 1.57 bits per heavy atom. The van der Waals surface area contributed by atoms with Crippen LogP contribution in [0.4, 0.5) is 8.78 Å². The predicted octanol–water partition coefficient (Wildman–Crippen LogP) is 2.21. The van der Waals surface area contributed by atoms with Crippen LogP contribution in [-0.2, 0) is 0 Å². The molecule has 0 aliphatic heterocycles. The van der Waals surface area contributed by atoms with Crippen molar-refractivity contribution >= 4 is 0 Å². The average molecular weight is 198 g/mol.